The fourth-order valence-electron chi connectivity index (χ4n) is 1.80. The molecule has 1 unspecified atom stereocenters. The molecule has 0 saturated heterocycles. The molecule has 1 aliphatic rings. The number of hydrogen-bond acceptors (Lipinski definition) is 1. The normalized spacial score (nSPS) is 32.3. The molecular formula is C9H17N. The Bertz CT molecular complexity index is 147. The fraction of sp³-hybridized carbons (Fsp3) is 0.889. The molecule has 1 aliphatic carbocycles. The van der Waals surface area contributed by atoms with Gasteiger partial charge in [-0.05, 0) is 18.8 Å². The van der Waals surface area contributed by atoms with Gasteiger partial charge in [0.2, 0.25) is 0 Å². The van der Waals surface area contributed by atoms with Crippen molar-refractivity contribution in [3.63, 3.8) is 0 Å². The quantitative estimate of drug-likeness (QED) is 0.533. The maximum absolute atomic E-state index is 7.80. The van der Waals surface area contributed by atoms with Crippen molar-refractivity contribution in [2.45, 2.75) is 40.0 Å². The first-order chi connectivity index (χ1) is 4.54. The van der Waals surface area contributed by atoms with E-state index in [-0.39, 0.29) is 5.41 Å². The Labute approximate surface area is 63.3 Å². The molecule has 0 aromatic rings. The van der Waals surface area contributed by atoms with E-state index >= 15 is 0 Å². The summed E-state index contributed by atoms with van der Waals surface area (Å²) in [6.07, 6.45) is 3.73. The third kappa shape index (κ3) is 1.23. The molecule has 1 nitrogen and oxygen atoms in total. The minimum Gasteiger partial charge on any atom is -0.309 e. The molecule has 0 aromatic carbocycles. The Kier molecular flexibility index (Phi) is 1.84. The van der Waals surface area contributed by atoms with Gasteiger partial charge in [0.15, 0.2) is 0 Å². The summed E-state index contributed by atoms with van der Waals surface area (Å²) >= 11 is 0. The third-order valence-corrected chi connectivity index (χ3v) is 2.66. The summed E-state index contributed by atoms with van der Waals surface area (Å²) in [6.45, 7) is 6.54. The van der Waals surface area contributed by atoms with E-state index in [1.807, 2.05) is 0 Å². The predicted molar refractivity (Wildman–Crippen MR) is 44.5 cm³/mol. The summed E-state index contributed by atoms with van der Waals surface area (Å²) in [7, 11) is 0. The van der Waals surface area contributed by atoms with Gasteiger partial charge in [0.1, 0.15) is 0 Å². The van der Waals surface area contributed by atoms with Crippen LogP contribution in [0.2, 0.25) is 0 Å². The zero-order valence-corrected chi connectivity index (χ0v) is 7.20. The molecule has 58 valence electrons. The Morgan fingerprint density at radius 2 is 2.10 bits per heavy atom. The molecule has 0 bridgehead atoms. The molecule has 1 atom stereocenters. The van der Waals surface area contributed by atoms with Gasteiger partial charge >= 0.3 is 0 Å². The Hall–Kier alpha value is -0.330. The van der Waals surface area contributed by atoms with Gasteiger partial charge in [0.05, 0.1) is 0 Å². The number of hydrogen-bond donors (Lipinski definition) is 1. The fourth-order valence-corrected chi connectivity index (χ4v) is 1.80. The molecule has 10 heavy (non-hydrogen) atoms. The summed E-state index contributed by atoms with van der Waals surface area (Å²) in [5, 5.41) is 7.80. The number of nitrogens with one attached hydrogen (secondary N) is 1. The lowest BCUT2D eigenvalue weighted by Gasteiger charge is -2.34. The van der Waals surface area contributed by atoms with Gasteiger partial charge in [0, 0.05) is 11.1 Å². The van der Waals surface area contributed by atoms with Crippen LogP contribution in [0.25, 0.3) is 0 Å². The molecule has 0 aliphatic heterocycles. The summed E-state index contributed by atoms with van der Waals surface area (Å²) in [4.78, 5) is 0. The average Bonchev–Trinajstić information content (AvgIpc) is 1.83. The molecule has 1 N–H and O–H groups in total. The van der Waals surface area contributed by atoms with Crippen molar-refractivity contribution in [3.05, 3.63) is 0 Å². The van der Waals surface area contributed by atoms with Crippen molar-refractivity contribution in [2.75, 3.05) is 0 Å². The van der Waals surface area contributed by atoms with E-state index < -0.39 is 0 Å². The zero-order valence-electron chi connectivity index (χ0n) is 7.20. The molecule has 0 heterocycles. The van der Waals surface area contributed by atoms with Crippen molar-refractivity contribution in [1.29, 1.82) is 5.41 Å². The molecule has 0 radical (unpaired) electrons. The first-order valence-corrected chi connectivity index (χ1v) is 4.13. The topological polar surface area (TPSA) is 23.9 Å². The molecule has 1 fully saturated rings. The van der Waals surface area contributed by atoms with Crippen LogP contribution in [0.5, 0.6) is 0 Å². The largest absolute Gasteiger partial charge is 0.309 e. The van der Waals surface area contributed by atoms with E-state index in [2.05, 4.69) is 20.8 Å². The van der Waals surface area contributed by atoms with Crippen molar-refractivity contribution < 1.29 is 0 Å². The standard InChI is InChI=1S/C9H17N/c1-7-5-4-6-9(2,3)8(7)10/h7,10H,4-6H2,1-3H3. The van der Waals surface area contributed by atoms with Gasteiger partial charge in [-0.15, -0.1) is 0 Å². The van der Waals surface area contributed by atoms with E-state index in [0.717, 1.165) is 5.71 Å². The van der Waals surface area contributed by atoms with Gasteiger partial charge in [0.25, 0.3) is 0 Å². The second kappa shape index (κ2) is 2.37. The predicted octanol–water partition coefficient (Wildman–Crippen LogP) is 2.85. The van der Waals surface area contributed by atoms with Crippen LogP contribution >= 0.6 is 0 Å². The molecule has 1 rings (SSSR count). The van der Waals surface area contributed by atoms with Crippen LogP contribution < -0.4 is 0 Å². The van der Waals surface area contributed by atoms with E-state index in [1.54, 1.807) is 0 Å². The highest BCUT2D eigenvalue weighted by atomic mass is 14.5. The Balaban J connectivity index is 2.70. The second-order valence-electron chi connectivity index (χ2n) is 4.09. The summed E-state index contributed by atoms with van der Waals surface area (Å²) < 4.78 is 0. The monoisotopic (exact) mass is 139 g/mol. The van der Waals surface area contributed by atoms with Crippen molar-refractivity contribution in [2.24, 2.45) is 11.3 Å². The average molecular weight is 139 g/mol. The van der Waals surface area contributed by atoms with E-state index in [9.17, 15) is 0 Å². The Morgan fingerprint density at radius 1 is 1.50 bits per heavy atom. The van der Waals surface area contributed by atoms with Crippen LogP contribution in [0.3, 0.4) is 0 Å². The maximum Gasteiger partial charge on any atom is 0.0173 e. The van der Waals surface area contributed by atoms with E-state index in [4.69, 9.17) is 5.41 Å². The smallest absolute Gasteiger partial charge is 0.0173 e. The zero-order chi connectivity index (χ0) is 7.78. The lowest BCUT2D eigenvalue weighted by molar-refractivity contribution is 0.369. The highest BCUT2D eigenvalue weighted by Gasteiger charge is 2.30. The minimum atomic E-state index is 0.192. The summed E-state index contributed by atoms with van der Waals surface area (Å²) in [5.74, 6) is 0.531. The highest BCUT2D eigenvalue weighted by Crippen LogP contribution is 2.35. The van der Waals surface area contributed by atoms with Crippen LogP contribution in [0, 0.1) is 16.7 Å². The lowest BCUT2D eigenvalue weighted by atomic mass is 9.71. The second-order valence-corrected chi connectivity index (χ2v) is 4.09. The first-order valence-electron chi connectivity index (χ1n) is 4.13. The molecule has 1 saturated carbocycles. The first kappa shape index (κ1) is 7.77. The van der Waals surface area contributed by atoms with Gasteiger partial charge in [-0.3, -0.25) is 0 Å². The lowest BCUT2D eigenvalue weighted by Crippen LogP contribution is -2.33. The molecule has 0 aromatic heterocycles. The van der Waals surface area contributed by atoms with Gasteiger partial charge in [-0.2, -0.15) is 0 Å². The number of rotatable bonds is 0. The van der Waals surface area contributed by atoms with Crippen LogP contribution in [0.4, 0.5) is 0 Å². The molecule has 0 spiro atoms. The van der Waals surface area contributed by atoms with Gasteiger partial charge in [-0.25, -0.2) is 0 Å². The maximum atomic E-state index is 7.80. The summed E-state index contributed by atoms with van der Waals surface area (Å²) in [5.41, 5.74) is 1.15. The minimum absolute atomic E-state index is 0.192. The van der Waals surface area contributed by atoms with Crippen molar-refractivity contribution >= 4 is 5.71 Å². The van der Waals surface area contributed by atoms with E-state index in [1.165, 1.54) is 19.3 Å². The molecule has 0 amide bonds. The SMILES string of the molecule is CC1CCCC(C)(C)C1=N. The summed E-state index contributed by atoms with van der Waals surface area (Å²) in [6, 6.07) is 0. The highest BCUT2D eigenvalue weighted by molar-refractivity contribution is 5.89. The van der Waals surface area contributed by atoms with Crippen LogP contribution in [0.1, 0.15) is 40.0 Å². The van der Waals surface area contributed by atoms with Gasteiger partial charge < -0.3 is 5.41 Å². The van der Waals surface area contributed by atoms with Gasteiger partial charge in [-0.1, -0.05) is 27.2 Å². The van der Waals surface area contributed by atoms with Crippen LogP contribution in [-0.4, -0.2) is 5.71 Å². The van der Waals surface area contributed by atoms with E-state index in [0.29, 0.717) is 5.92 Å². The van der Waals surface area contributed by atoms with Crippen molar-refractivity contribution in [1.82, 2.24) is 0 Å². The Morgan fingerprint density at radius 3 is 2.50 bits per heavy atom. The molecule has 1 heteroatoms. The molecular weight excluding hydrogens is 122 g/mol. The third-order valence-electron chi connectivity index (χ3n) is 2.66. The van der Waals surface area contributed by atoms with Crippen LogP contribution in [-0.2, 0) is 0 Å². The van der Waals surface area contributed by atoms with Crippen LogP contribution in [0.15, 0.2) is 0 Å². The van der Waals surface area contributed by atoms with Crippen molar-refractivity contribution in [3.8, 4) is 0 Å².